The van der Waals surface area contributed by atoms with E-state index in [1.807, 2.05) is 0 Å². The molecule has 1 aliphatic carbocycles. The van der Waals surface area contributed by atoms with Gasteiger partial charge in [-0.3, -0.25) is 0 Å². The Morgan fingerprint density at radius 2 is 1.62 bits per heavy atom. The van der Waals surface area contributed by atoms with Crippen molar-refractivity contribution in [2.45, 2.75) is 43.8 Å². The van der Waals surface area contributed by atoms with Crippen LogP contribution >= 0.6 is 0 Å². The smallest absolute Gasteiger partial charge is 0.0583 e. The van der Waals surface area contributed by atoms with Crippen LogP contribution in [-0.2, 0) is 16.6 Å². The van der Waals surface area contributed by atoms with Crippen molar-refractivity contribution in [2.75, 3.05) is 12.5 Å². The van der Waals surface area contributed by atoms with Gasteiger partial charge in [0.25, 0.3) is 0 Å². The molecule has 0 radical (unpaired) electrons. The second-order valence-electron chi connectivity index (χ2n) is 5.21. The van der Waals surface area contributed by atoms with Crippen LogP contribution < -0.4 is 0 Å². The minimum absolute atomic E-state index is 0.522. The normalized spacial score (nSPS) is 17.9. The molecular formula is C15H23S+. The van der Waals surface area contributed by atoms with Gasteiger partial charge in [0.1, 0.15) is 5.75 Å². The van der Waals surface area contributed by atoms with Gasteiger partial charge in [-0.2, -0.15) is 0 Å². The Bertz CT molecular complexity index is 307. The van der Waals surface area contributed by atoms with E-state index in [0.29, 0.717) is 10.9 Å². The average molecular weight is 235 g/mol. The predicted molar refractivity (Wildman–Crippen MR) is 75.2 cm³/mol. The topological polar surface area (TPSA) is 0 Å². The van der Waals surface area contributed by atoms with E-state index in [2.05, 4.69) is 36.8 Å². The number of hydrogen-bond donors (Lipinski definition) is 0. The van der Waals surface area contributed by atoms with E-state index in [4.69, 9.17) is 0 Å². The Morgan fingerprint density at radius 3 is 2.19 bits per heavy atom. The molecule has 0 nitrogen and oxygen atoms in total. The van der Waals surface area contributed by atoms with Gasteiger partial charge in [-0.1, -0.05) is 43.5 Å². The molecule has 0 saturated heterocycles. The molecule has 0 spiro atoms. The van der Waals surface area contributed by atoms with Crippen LogP contribution in [0.15, 0.2) is 24.3 Å². The molecule has 16 heavy (non-hydrogen) atoms. The molecule has 1 heteroatoms. The molecule has 0 aliphatic heterocycles. The first-order valence-electron chi connectivity index (χ1n) is 6.39. The lowest BCUT2D eigenvalue weighted by atomic mass is 9.84. The third-order valence-corrected chi connectivity index (χ3v) is 4.42. The van der Waals surface area contributed by atoms with Gasteiger partial charge in [-0.05, 0) is 35.2 Å². The summed E-state index contributed by atoms with van der Waals surface area (Å²) in [5.74, 6) is 2.09. The van der Waals surface area contributed by atoms with Gasteiger partial charge in [0.15, 0.2) is 0 Å². The second kappa shape index (κ2) is 5.77. The minimum Gasteiger partial charge on any atom is -0.0583 e. The second-order valence-corrected chi connectivity index (χ2v) is 7.47. The quantitative estimate of drug-likeness (QED) is 0.692. The third-order valence-electron chi connectivity index (χ3n) is 3.51. The van der Waals surface area contributed by atoms with E-state index >= 15 is 0 Å². The lowest BCUT2D eigenvalue weighted by Gasteiger charge is -2.21. The molecule has 1 aromatic rings. The van der Waals surface area contributed by atoms with Crippen molar-refractivity contribution in [1.82, 2.24) is 0 Å². The Kier molecular flexibility index (Phi) is 4.34. The molecule has 0 bridgehead atoms. The van der Waals surface area contributed by atoms with Crippen molar-refractivity contribution < 1.29 is 0 Å². The lowest BCUT2D eigenvalue weighted by Crippen LogP contribution is -2.05. The molecule has 1 saturated carbocycles. The Hall–Kier alpha value is -0.430. The van der Waals surface area contributed by atoms with E-state index in [9.17, 15) is 0 Å². The van der Waals surface area contributed by atoms with E-state index in [1.165, 1.54) is 43.4 Å². The van der Waals surface area contributed by atoms with Crippen LogP contribution in [-0.4, -0.2) is 12.5 Å². The van der Waals surface area contributed by atoms with Crippen molar-refractivity contribution >= 4 is 10.9 Å². The molecule has 1 aliphatic rings. The van der Waals surface area contributed by atoms with Gasteiger partial charge in [0.2, 0.25) is 0 Å². The van der Waals surface area contributed by atoms with Gasteiger partial charge in [-0.15, -0.1) is 0 Å². The fourth-order valence-corrected chi connectivity index (χ4v) is 3.51. The van der Waals surface area contributed by atoms with Crippen LogP contribution in [0, 0.1) is 0 Å². The molecule has 0 heterocycles. The van der Waals surface area contributed by atoms with Crippen LogP contribution in [0.1, 0.15) is 49.1 Å². The first kappa shape index (κ1) is 12.0. The standard InChI is InChI=1S/C15H23S/c1-16(2)12-13-8-10-15(11-9-13)14-6-4-3-5-7-14/h8-11,14H,3-7,12H2,1-2H3/q+1. The van der Waals surface area contributed by atoms with Gasteiger partial charge in [0, 0.05) is 5.56 Å². The maximum Gasteiger partial charge on any atom is 0.132 e. The lowest BCUT2D eigenvalue weighted by molar-refractivity contribution is 0.443. The van der Waals surface area contributed by atoms with E-state index in [0.717, 1.165) is 5.92 Å². The summed E-state index contributed by atoms with van der Waals surface area (Å²) >= 11 is 0. The van der Waals surface area contributed by atoms with Gasteiger partial charge >= 0.3 is 0 Å². The van der Waals surface area contributed by atoms with E-state index < -0.39 is 0 Å². The monoisotopic (exact) mass is 235 g/mol. The molecular weight excluding hydrogens is 212 g/mol. The highest BCUT2D eigenvalue weighted by Gasteiger charge is 2.15. The van der Waals surface area contributed by atoms with Crippen molar-refractivity contribution in [3.8, 4) is 0 Å². The summed E-state index contributed by atoms with van der Waals surface area (Å²) in [5.41, 5.74) is 3.09. The zero-order chi connectivity index (χ0) is 11.4. The summed E-state index contributed by atoms with van der Waals surface area (Å²) < 4.78 is 0. The zero-order valence-corrected chi connectivity index (χ0v) is 11.4. The van der Waals surface area contributed by atoms with Crippen LogP contribution in [0.3, 0.4) is 0 Å². The summed E-state index contributed by atoms with van der Waals surface area (Å²) in [5, 5.41) is 0. The highest BCUT2D eigenvalue weighted by Crippen LogP contribution is 2.32. The largest absolute Gasteiger partial charge is 0.132 e. The Balaban J connectivity index is 2.00. The molecule has 0 amide bonds. The first-order chi connectivity index (χ1) is 7.75. The number of benzene rings is 1. The Labute approximate surface area is 103 Å². The van der Waals surface area contributed by atoms with Crippen LogP contribution in [0.25, 0.3) is 0 Å². The van der Waals surface area contributed by atoms with Gasteiger partial charge < -0.3 is 0 Å². The molecule has 0 N–H and O–H groups in total. The van der Waals surface area contributed by atoms with Crippen LogP contribution in [0.2, 0.25) is 0 Å². The maximum absolute atomic E-state index is 2.37. The average Bonchev–Trinajstić information content (AvgIpc) is 2.30. The summed E-state index contributed by atoms with van der Waals surface area (Å²) in [4.78, 5) is 0. The van der Waals surface area contributed by atoms with Crippen molar-refractivity contribution in [3.63, 3.8) is 0 Å². The van der Waals surface area contributed by atoms with Crippen molar-refractivity contribution in [2.24, 2.45) is 0 Å². The number of rotatable bonds is 3. The summed E-state index contributed by atoms with van der Waals surface area (Å²) in [6.07, 6.45) is 11.8. The van der Waals surface area contributed by atoms with E-state index in [-0.39, 0.29) is 0 Å². The van der Waals surface area contributed by atoms with Crippen molar-refractivity contribution in [3.05, 3.63) is 35.4 Å². The zero-order valence-electron chi connectivity index (χ0n) is 10.5. The number of hydrogen-bond acceptors (Lipinski definition) is 0. The van der Waals surface area contributed by atoms with Gasteiger partial charge in [0.05, 0.1) is 12.5 Å². The van der Waals surface area contributed by atoms with Crippen molar-refractivity contribution in [1.29, 1.82) is 0 Å². The Morgan fingerprint density at radius 1 is 1.00 bits per heavy atom. The molecule has 0 atom stereocenters. The molecule has 1 aromatic carbocycles. The summed E-state index contributed by atoms with van der Waals surface area (Å²) in [7, 11) is 0.522. The summed E-state index contributed by atoms with van der Waals surface area (Å²) in [6.45, 7) is 0. The van der Waals surface area contributed by atoms with Crippen LogP contribution in [0.5, 0.6) is 0 Å². The molecule has 88 valence electrons. The fourth-order valence-electron chi connectivity index (χ4n) is 2.66. The molecule has 1 fully saturated rings. The molecule has 0 unspecified atom stereocenters. The highest BCUT2D eigenvalue weighted by molar-refractivity contribution is 7.94. The van der Waals surface area contributed by atoms with Crippen LogP contribution in [0.4, 0.5) is 0 Å². The third kappa shape index (κ3) is 3.28. The maximum atomic E-state index is 2.37. The predicted octanol–water partition coefficient (Wildman–Crippen LogP) is 4.11. The first-order valence-corrected chi connectivity index (χ1v) is 8.60. The van der Waals surface area contributed by atoms with Gasteiger partial charge in [-0.25, -0.2) is 0 Å². The molecule has 0 aromatic heterocycles. The SMILES string of the molecule is C[S+](C)Cc1ccc(C2CCCCC2)cc1. The highest BCUT2D eigenvalue weighted by atomic mass is 32.2. The fraction of sp³-hybridized carbons (Fsp3) is 0.600. The summed E-state index contributed by atoms with van der Waals surface area (Å²) in [6, 6.07) is 9.43. The molecule has 2 rings (SSSR count). The minimum atomic E-state index is 0.522. The van der Waals surface area contributed by atoms with E-state index in [1.54, 1.807) is 5.56 Å².